The van der Waals surface area contributed by atoms with E-state index in [1.54, 1.807) is 0 Å². The molecule has 1 fully saturated rings. The van der Waals surface area contributed by atoms with E-state index < -0.39 is 0 Å². The van der Waals surface area contributed by atoms with Gasteiger partial charge in [-0.05, 0) is 45.0 Å². The van der Waals surface area contributed by atoms with E-state index in [1.807, 2.05) is 6.07 Å². The minimum atomic E-state index is 0.548. The fourth-order valence-corrected chi connectivity index (χ4v) is 3.51. The van der Waals surface area contributed by atoms with Crippen molar-refractivity contribution in [2.24, 2.45) is 0 Å². The van der Waals surface area contributed by atoms with Crippen molar-refractivity contribution in [1.29, 1.82) is 0 Å². The molecule has 4 nitrogen and oxygen atoms in total. The summed E-state index contributed by atoms with van der Waals surface area (Å²) in [6.45, 7) is 7.69. The quantitative estimate of drug-likeness (QED) is 0.917. The van der Waals surface area contributed by atoms with Crippen LogP contribution >= 0.6 is 0 Å². The van der Waals surface area contributed by atoms with Crippen molar-refractivity contribution in [1.82, 2.24) is 19.6 Å². The highest BCUT2D eigenvalue weighted by Gasteiger charge is 2.27. The lowest BCUT2D eigenvalue weighted by molar-refractivity contribution is 0.111. The highest BCUT2D eigenvalue weighted by Crippen LogP contribution is 2.22. The van der Waals surface area contributed by atoms with Crippen molar-refractivity contribution in [2.75, 3.05) is 13.1 Å². The Morgan fingerprint density at radius 3 is 3.10 bits per heavy atom. The summed E-state index contributed by atoms with van der Waals surface area (Å²) >= 11 is 0. The van der Waals surface area contributed by atoms with E-state index in [2.05, 4.69) is 53.0 Å². The first-order valence-corrected chi connectivity index (χ1v) is 8.18. The van der Waals surface area contributed by atoms with Gasteiger partial charge in [0.1, 0.15) is 5.65 Å². The van der Waals surface area contributed by atoms with Crippen LogP contribution in [-0.4, -0.2) is 39.5 Å². The van der Waals surface area contributed by atoms with Crippen molar-refractivity contribution in [2.45, 2.75) is 51.7 Å². The van der Waals surface area contributed by atoms with Crippen molar-refractivity contribution >= 4 is 5.65 Å². The zero-order valence-electron chi connectivity index (χ0n) is 13.1. The van der Waals surface area contributed by atoms with Crippen molar-refractivity contribution in [3.05, 3.63) is 36.3 Å². The zero-order chi connectivity index (χ0) is 14.7. The maximum Gasteiger partial charge on any atom is 0.137 e. The smallest absolute Gasteiger partial charge is 0.137 e. The molecule has 2 aromatic heterocycles. The van der Waals surface area contributed by atoms with E-state index in [0.29, 0.717) is 12.1 Å². The lowest BCUT2D eigenvalue weighted by Crippen LogP contribution is -2.50. The van der Waals surface area contributed by atoms with Gasteiger partial charge in [0.15, 0.2) is 0 Å². The molecule has 2 aromatic rings. The van der Waals surface area contributed by atoms with Crippen LogP contribution in [0.2, 0.25) is 0 Å². The summed E-state index contributed by atoms with van der Waals surface area (Å²) in [5, 5.41) is 3.59. The average Bonchev–Trinajstić information content (AvgIpc) is 2.90. The molecule has 3 rings (SSSR count). The number of hydrogen-bond acceptors (Lipinski definition) is 3. The van der Waals surface area contributed by atoms with E-state index in [0.717, 1.165) is 18.7 Å². The van der Waals surface area contributed by atoms with Gasteiger partial charge in [0.05, 0.1) is 5.69 Å². The Hall–Kier alpha value is -1.39. The largest absolute Gasteiger partial charge is 0.313 e. The minimum absolute atomic E-state index is 0.548. The summed E-state index contributed by atoms with van der Waals surface area (Å²) in [5.74, 6) is 0. The van der Waals surface area contributed by atoms with E-state index in [-0.39, 0.29) is 0 Å². The predicted molar refractivity (Wildman–Crippen MR) is 86.4 cm³/mol. The number of pyridine rings is 1. The lowest BCUT2D eigenvalue weighted by atomic mass is 9.96. The molecule has 4 heteroatoms. The van der Waals surface area contributed by atoms with Crippen molar-refractivity contribution in [3.63, 3.8) is 0 Å². The standard InChI is InChI=1S/C17H26N4/c1-3-18-14(2)16-8-4-6-10-20(16)12-15-13-21-11-7-5-9-17(21)19-15/h5,7,9,11,13-14,16,18H,3-4,6,8,10,12H2,1-2H3. The van der Waals surface area contributed by atoms with Crippen LogP contribution in [0.5, 0.6) is 0 Å². The van der Waals surface area contributed by atoms with Crippen LogP contribution in [0.15, 0.2) is 30.6 Å². The zero-order valence-corrected chi connectivity index (χ0v) is 13.1. The Balaban J connectivity index is 1.74. The Labute approximate surface area is 127 Å². The maximum atomic E-state index is 4.75. The van der Waals surface area contributed by atoms with Crippen LogP contribution in [0, 0.1) is 0 Å². The van der Waals surface area contributed by atoms with Gasteiger partial charge >= 0.3 is 0 Å². The predicted octanol–water partition coefficient (Wildman–Crippen LogP) is 2.69. The number of fused-ring (bicyclic) bond motifs is 1. The second kappa shape index (κ2) is 6.58. The molecular weight excluding hydrogens is 260 g/mol. The SMILES string of the molecule is CCNC(C)C1CCCCN1Cc1cn2ccccc2n1. The van der Waals surface area contributed by atoms with Gasteiger partial charge in [-0.3, -0.25) is 4.90 Å². The molecule has 0 saturated carbocycles. The Morgan fingerprint density at radius 2 is 2.29 bits per heavy atom. The van der Waals surface area contributed by atoms with E-state index >= 15 is 0 Å². The minimum Gasteiger partial charge on any atom is -0.313 e. The van der Waals surface area contributed by atoms with Gasteiger partial charge in [0.25, 0.3) is 0 Å². The molecule has 0 amide bonds. The molecule has 1 aliphatic rings. The average molecular weight is 286 g/mol. The number of rotatable bonds is 5. The molecular formula is C17H26N4. The second-order valence-corrected chi connectivity index (χ2v) is 6.08. The van der Waals surface area contributed by atoms with E-state index in [4.69, 9.17) is 4.98 Å². The van der Waals surface area contributed by atoms with Gasteiger partial charge in [-0.25, -0.2) is 4.98 Å². The van der Waals surface area contributed by atoms with E-state index in [9.17, 15) is 0 Å². The number of nitrogens with one attached hydrogen (secondary N) is 1. The van der Waals surface area contributed by atoms with E-state index in [1.165, 1.54) is 31.5 Å². The molecule has 0 aliphatic carbocycles. The third kappa shape index (κ3) is 3.27. The molecule has 0 aromatic carbocycles. The topological polar surface area (TPSA) is 32.6 Å². The molecule has 114 valence electrons. The molecule has 21 heavy (non-hydrogen) atoms. The first-order chi connectivity index (χ1) is 10.3. The molecule has 1 N–H and O–H groups in total. The van der Waals surface area contributed by atoms with Crippen LogP contribution in [0.1, 0.15) is 38.8 Å². The summed E-state index contributed by atoms with van der Waals surface area (Å²) in [4.78, 5) is 7.36. The molecule has 1 saturated heterocycles. The fraction of sp³-hybridized carbons (Fsp3) is 0.588. The number of imidazole rings is 1. The van der Waals surface area contributed by atoms with Gasteiger partial charge in [0, 0.05) is 31.0 Å². The van der Waals surface area contributed by atoms with Crippen LogP contribution in [0.3, 0.4) is 0 Å². The van der Waals surface area contributed by atoms with Crippen LogP contribution in [0.25, 0.3) is 5.65 Å². The molecule has 0 bridgehead atoms. The number of nitrogens with zero attached hydrogens (tertiary/aromatic N) is 3. The highest BCUT2D eigenvalue weighted by molar-refractivity contribution is 5.39. The van der Waals surface area contributed by atoms with Gasteiger partial charge < -0.3 is 9.72 Å². The van der Waals surface area contributed by atoms with Crippen LogP contribution < -0.4 is 5.32 Å². The molecule has 0 radical (unpaired) electrons. The number of hydrogen-bond donors (Lipinski definition) is 1. The summed E-state index contributed by atoms with van der Waals surface area (Å²) in [6, 6.07) is 7.34. The van der Waals surface area contributed by atoms with Crippen LogP contribution in [-0.2, 0) is 6.54 Å². The summed E-state index contributed by atoms with van der Waals surface area (Å²) in [6.07, 6.45) is 8.19. The monoisotopic (exact) mass is 286 g/mol. The number of aromatic nitrogens is 2. The van der Waals surface area contributed by atoms with Gasteiger partial charge in [-0.2, -0.15) is 0 Å². The molecule has 2 unspecified atom stereocenters. The normalized spacial score (nSPS) is 21.7. The van der Waals surface area contributed by atoms with Gasteiger partial charge in [0.2, 0.25) is 0 Å². The number of piperidine rings is 1. The maximum absolute atomic E-state index is 4.75. The van der Waals surface area contributed by atoms with Gasteiger partial charge in [-0.1, -0.05) is 19.4 Å². The number of likely N-dealkylation sites (tertiary alicyclic amines) is 1. The summed E-state index contributed by atoms with van der Waals surface area (Å²) in [5.41, 5.74) is 2.22. The van der Waals surface area contributed by atoms with Crippen molar-refractivity contribution in [3.8, 4) is 0 Å². The molecule has 1 aliphatic heterocycles. The van der Waals surface area contributed by atoms with Crippen molar-refractivity contribution < 1.29 is 0 Å². The Kier molecular flexibility index (Phi) is 4.56. The molecule has 0 spiro atoms. The molecule has 2 atom stereocenters. The Bertz CT molecular complexity index is 544. The van der Waals surface area contributed by atoms with Crippen LogP contribution in [0.4, 0.5) is 0 Å². The lowest BCUT2D eigenvalue weighted by Gasteiger charge is -2.39. The first-order valence-electron chi connectivity index (χ1n) is 8.18. The summed E-state index contributed by atoms with van der Waals surface area (Å²) < 4.78 is 2.11. The molecule has 3 heterocycles. The third-order valence-corrected chi connectivity index (χ3v) is 4.55. The van der Waals surface area contributed by atoms with Gasteiger partial charge in [-0.15, -0.1) is 0 Å². The number of likely N-dealkylation sites (N-methyl/N-ethyl adjacent to an activating group) is 1. The first kappa shape index (κ1) is 14.5. The highest BCUT2D eigenvalue weighted by atomic mass is 15.2. The Morgan fingerprint density at radius 1 is 1.38 bits per heavy atom. The third-order valence-electron chi connectivity index (χ3n) is 4.55. The summed E-state index contributed by atoms with van der Waals surface area (Å²) in [7, 11) is 0. The fourth-order valence-electron chi connectivity index (χ4n) is 3.51. The second-order valence-electron chi connectivity index (χ2n) is 6.08.